The van der Waals surface area contributed by atoms with Gasteiger partial charge in [-0.25, -0.2) is 4.39 Å². The lowest BCUT2D eigenvalue weighted by molar-refractivity contribution is 0.612. The van der Waals surface area contributed by atoms with Crippen LogP contribution in [0, 0.1) is 5.82 Å². The van der Waals surface area contributed by atoms with Crippen molar-refractivity contribution < 1.29 is 4.39 Å². The number of alkyl halides is 1. The van der Waals surface area contributed by atoms with Crippen molar-refractivity contribution in [1.82, 2.24) is 0 Å². The highest BCUT2D eigenvalue weighted by atomic mass is 35.5. The predicted molar refractivity (Wildman–Crippen MR) is 43.3 cm³/mol. The van der Waals surface area contributed by atoms with Crippen LogP contribution in [0.5, 0.6) is 0 Å². The van der Waals surface area contributed by atoms with Crippen LogP contribution in [-0.2, 0) is 6.42 Å². The van der Waals surface area contributed by atoms with Crippen LogP contribution in [0.3, 0.4) is 0 Å². The van der Waals surface area contributed by atoms with Crippen LogP contribution in [0.25, 0.3) is 0 Å². The minimum absolute atomic E-state index is 0.0284. The molecule has 0 spiro atoms. The summed E-state index contributed by atoms with van der Waals surface area (Å²) in [6.07, 6.45) is 1.66. The zero-order chi connectivity index (χ0) is 7.84. The highest BCUT2D eigenvalue weighted by Gasteiger charge is 2.22. The van der Waals surface area contributed by atoms with Gasteiger partial charge in [0.1, 0.15) is 5.82 Å². The Kier molecular flexibility index (Phi) is 1.61. The van der Waals surface area contributed by atoms with Gasteiger partial charge in [-0.15, -0.1) is 11.6 Å². The Hall–Kier alpha value is -0.560. The molecule has 1 aromatic carbocycles. The molecule has 0 aromatic heterocycles. The van der Waals surface area contributed by atoms with Crippen molar-refractivity contribution in [2.24, 2.45) is 0 Å². The van der Waals surface area contributed by atoms with Crippen molar-refractivity contribution in [3.8, 4) is 0 Å². The van der Waals surface area contributed by atoms with Crippen LogP contribution in [0.15, 0.2) is 18.2 Å². The van der Waals surface area contributed by atoms with Gasteiger partial charge in [-0.3, -0.25) is 0 Å². The third-order valence-electron chi connectivity index (χ3n) is 2.14. The molecule has 2 rings (SSSR count). The minimum atomic E-state index is -0.106. The first-order valence-corrected chi connectivity index (χ1v) is 4.14. The fourth-order valence-corrected chi connectivity index (χ4v) is 1.87. The summed E-state index contributed by atoms with van der Waals surface area (Å²) in [4.78, 5) is 0. The van der Waals surface area contributed by atoms with Crippen LogP contribution in [0.4, 0.5) is 4.39 Å². The van der Waals surface area contributed by atoms with Crippen LogP contribution in [0.2, 0.25) is 0 Å². The van der Waals surface area contributed by atoms with E-state index in [0.29, 0.717) is 0 Å². The molecule has 58 valence electrons. The molecule has 11 heavy (non-hydrogen) atoms. The summed E-state index contributed by atoms with van der Waals surface area (Å²) in [7, 11) is 0. The molecule has 1 unspecified atom stereocenters. The van der Waals surface area contributed by atoms with Crippen LogP contribution >= 0.6 is 11.6 Å². The maximum atomic E-state index is 13.0. The molecule has 0 radical (unpaired) electrons. The fraction of sp³-hybridized carbons (Fsp3) is 0.333. The third kappa shape index (κ3) is 1.04. The largest absolute Gasteiger partial charge is 0.207 e. The van der Waals surface area contributed by atoms with Crippen molar-refractivity contribution >= 4 is 11.6 Å². The maximum absolute atomic E-state index is 13.0. The lowest BCUT2D eigenvalue weighted by Gasteiger charge is -2.01. The average Bonchev–Trinajstić information content (AvgIpc) is 2.35. The predicted octanol–water partition coefficient (Wildman–Crippen LogP) is 3.05. The van der Waals surface area contributed by atoms with Gasteiger partial charge in [-0.1, -0.05) is 12.1 Å². The van der Waals surface area contributed by atoms with E-state index >= 15 is 0 Å². The van der Waals surface area contributed by atoms with Crippen molar-refractivity contribution in [2.45, 2.75) is 18.2 Å². The Morgan fingerprint density at radius 2 is 2.27 bits per heavy atom. The van der Waals surface area contributed by atoms with E-state index in [1.807, 2.05) is 6.07 Å². The van der Waals surface area contributed by atoms with E-state index in [1.165, 1.54) is 6.07 Å². The second kappa shape index (κ2) is 2.49. The lowest BCUT2D eigenvalue weighted by atomic mass is 10.1. The first-order chi connectivity index (χ1) is 5.29. The van der Waals surface area contributed by atoms with Crippen LogP contribution in [-0.4, -0.2) is 0 Å². The molecule has 0 heterocycles. The Morgan fingerprint density at radius 1 is 1.45 bits per heavy atom. The quantitative estimate of drug-likeness (QED) is 0.525. The van der Waals surface area contributed by atoms with Crippen molar-refractivity contribution in [3.05, 3.63) is 35.1 Å². The summed E-state index contributed by atoms with van der Waals surface area (Å²) < 4.78 is 13.0. The van der Waals surface area contributed by atoms with E-state index in [4.69, 9.17) is 11.6 Å². The average molecular weight is 171 g/mol. The molecule has 0 aliphatic heterocycles. The van der Waals surface area contributed by atoms with E-state index in [0.717, 1.165) is 24.0 Å². The molecule has 0 saturated carbocycles. The Morgan fingerprint density at radius 3 is 3.00 bits per heavy atom. The highest BCUT2D eigenvalue weighted by Crippen LogP contribution is 2.36. The van der Waals surface area contributed by atoms with E-state index < -0.39 is 0 Å². The molecule has 1 aromatic rings. The molecule has 0 nitrogen and oxygen atoms in total. The van der Waals surface area contributed by atoms with Gasteiger partial charge in [-0.2, -0.15) is 0 Å². The van der Waals surface area contributed by atoms with Crippen LogP contribution < -0.4 is 0 Å². The fourth-order valence-electron chi connectivity index (χ4n) is 1.56. The van der Waals surface area contributed by atoms with E-state index in [1.54, 1.807) is 6.07 Å². The first-order valence-electron chi connectivity index (χ1n) is 3.70. The summed E-state index contributed by atoms with van der Waals surface area (Å²) in [5.41, 5.74) is 1.79. The molecular weight excluding hydrogens is 163 g/mol. The van der Waals surface area contributed by atoms with E-state index in [9.17, 15) is 4.39 Å². The Labute approximate surface area is 70.0 Å². The zero-order valence-corrected chi connectivity index (χ0v) is 6.74. The molecule has 0 fully saturated rings. The molecular formula is C9H8ClF. The van der Waals surface area contributed by atoms with Gasteiger partial charge in [-0.05, 0) is 30.0 Å². The second-order valence-electron chi connectivity index (χ2n) is 2.81. The van der Waals surface area contributed by atoms with Gasteiger partial charge in [0.25, 0.3) is 0 Å². The topological polar surface area (TPSA) is 0 Å². The number of rotatable bonds is 0. The number of hydrogen-bond donors (Lipinski definition) is 0. The maximum Gasteiger partial charge on any atom is 0.126 e. The van der Waals surface area contributed by atoms with Gasteiger partial charge >= 0.3 is 0 Å². The summed E-state index contributed by atoms with van der Waals surface area (Å²) in [6.45, 7) is 0. The Bertz CT molecular complexity index is 283. The monoisotopic (exact) mass is 170 g/mol. The molecule has 2 heteroatoms. The molecule has 1 aliphatic carbocycles. The standard InChI is InChI=1S/C9H8ClF/c10-8-5-4-7-6(8)2-1-3-9(7)11/h1-3,8H,4-5H2. The SMILES string of the molecule is Fc1cccc2c1CCC2Cl. The zero-order valence-electron chi connectivity index (χ0n) is 5.98. The molecule has 0 N–H and O–H groups in total. The first kappa shape index (κ1) is 7.11. The summed E-state index contributed by atoms with van der Waals surface area (Å²) in [6, 6.07) is 5.12. The summed E-state index contributed by atoms with van der Waals surface area (Å²) in [5.74, 6) is -0.106. The van der Waals surface area contributed by atoms with E-state index in [-0.39, 0.29) is 11.2 Å². The van der Waals surface area contributed by atoms with Crippen molar-refractivity contribution in [2.75, 3.05) is 0 Å². The molecule has 0 amide bonds. The smallest absolute Gasteiger partial charge is 0.126 e. The van der Waals surface area contributed by atoms with Gasteiger partial charge < -0.3 is 0 Å². The molecule has 1 atom stereocenters. The summed E-state index contributed by atoms with van der Waals surface area (Å²) >= 11 is 5.95. The van der Waals surface area contributed by atoms with Gasteiger partial charge in [0, 0.05) is 0 Å². The molecule has 1 aliphatic rings. The second-order valence-corrected chi connectivity index (χ2v) is 3.34. The third-order valence-corrected chi connectivity index (χ3v) is 2.59. The molecule has 0 bridgehead atoms. The number of fused-ring (bicyclic) bond motifs is 1. The lowest BCUT2D eigenvalue weighted by Crippen LogP contribution is -1.87. The number of halogens is 2. The molecule has 0 saturated heterocycles. The number of hydrogen-bond acceptors (Lipinski definition) is 0. The van der Waals surface area contributed by atoms with Gasteiger partial charge in [0.05, 0.1) is 5.38 Å². The van der Waals surface area contributed by atoms with E-state index in [2.05, 4.69) is 0 Å². The number of benzene rings is 1. The van der Waals surface area contributed by atoms with Gasteiger partial charge in [0.15, 0.2) is 0 Å². The van der Waals surface area contributed by atoms with Crippen LogP contribution in [0.1, 0.15) is 22.9 Å². The van der Waals surface area contributed by atoms with Crippen molar-refractivity contribution in [3.63, 3.8) is 0 Å². The van der Waals surface area contributed by atoms with Crippen molar-refractivity contribution in [1.29, 1.82) is 0 Å². The summed E-state index contributed by atoms with van der Waals surface area (Å²) in [5, 5.41) is 0.0284. The minimum Gasteiger partial charge on any atom is -0.207 e. The highest BCUT2D eigenvalue weighted by molar-refractivity contribution is 6.21. The van der Waals surface area contributed by atoms with Gasteiger partial charge in [0.2, 0.25) is 0 Å². The Balaban J connectivity index is 2.57. The normalized spacial score (nSPS) is 21.8.